The second-order valence-corrected chi connectivity index (χ2v) is 5.00. The third kappa shape index (κ3) is 3.91. The Labute approximate surface area is 107 Å². The van der Waals surface area contributed by atoms with E-state index in [0.717, 1.165) is 23.3 Å². The molecule has 0 aliphatic heterocycles. The minimum atomic E-state index is 0.893. The van der Waals surface area contributed by atoms with Gasteiger partial charge in [-0.15, -0.1) is 0 Å². The Morgan fingerprint density at radius 1 is 1.31 bits per heavy atom. The number of rotatable bonds is 7. The van der Waals surface area contributed by atoms with E-state index in [1.54, 1.807) is 0 Å². The van der Waals surface area contributed by atoms with Crippen molar-refractivity contribution < 1.29 is 0 Å². The lowest BCUT2D eigenvalue weighted by atomic mass is 10.2. The molecule has 0 spiro atoms. The van der Waals surface area contributed by atoms with Gasteiger partial charge in [-0.2, -0.15) is 5.10 Å². The molecule has 1 N–H and O–H groups in total. The minimum Gasteiger partial charge on any atom is -0.311 e. The van der Waals surface area contributed by atoms with Crippen LogP contribution in [0.25, 0.3) is 0 Å². The smallest absolute Gasteiger partial charge is 0.0739 e. The molecule has 1 heterocycles. The molecule has 0 bridgehead atoms. The van der Waals surface area contributed by atoms with Crippen LogP contribution >= 0.6 is 15.9 Å². The monoisotopic (exact) mass is 287 g/mol. The Kier molecular flexibility index (Phi) is 6.06. The van der Waals surface area contributed by atoms with E-state index in [-0.39, 0.29) is 0 Å². The van der Waals surface area contributed by atoms with Crippen LogP contribution in [0.5, 0.6) is 0 Å². The SMILES string of the molecule is CCCCCCNCc1c(Br)c(C)nn1C. The maximum absolute atomic E-state index is 4.37. The molecule has 0 aliphatic carbocycles. The van der Waals surface area contributed by atoms with Crippen LogP contribution < -0.4 is 5.32 Å². The fourth-order valence-corrected chi connectivity index (χ4v) is 2.23. The number of aryl methyl sites for hydroxylation is 2. The van der Waals surface area contributed by atoms with Crippen molar-refractivity contribution in [1.82, 2.24) is 15.1 Å². The van der Waals surface area contributed by atoms with Crippen molar-refractivity contribution in [3.63, 3.8) is 0 Å². The summed E-state index contributed by atoms with van der Waals surface area (Å²) in [6.45, 7) is 6.25. The van der Waals surface area contributed by atoms with Crippen molar-refractivity contribution in [3.05, 3.63) is 15.9 Å². The third-order valence-electron chi connectivity index (χ3n) is 2.76. The van der Waals surface area contributed by atoms with E-state index in [2.05, 4.69) is 33.3 Å². The van der Waals surface area contributed by atoms with Crippen molar-refractivity contribution in [2.24, 2.45) is 7.05 Å². The number of halogens is 1. The molecule has 3 nitrogen and oxygen atoms in total. The standard InChI is InChI=1S/C12H22BrN3/c1-4-5-6-7-8-14-9-11-12(13)10(2)15-16(11)3/h14H,4-9H2,1-3H3. The molecule has 0 fully saturated rings. The predicted molar refractivity (Wildman–Crippen MR) is 71.5 cm³/mol. The van der Waals surface area contributed by atoms with Gasteiger partial charge in [-0.05, 0) is 35.8 Å². The number of nitrogens with zero attached hydrogens (tertiary/aromatic N) is 2. The highest BCUT2D eigenvalue weighted by atomic mass is 79.9. The molecule has 0 saturated heterocycles. The number of nitrogens with one attached hydrogen (secondary N) is 1. The van der Waals surface area contributed by atoms with E-state index < -0.39 is 0 Å². The second kappa shape index (κ2) is 7.07. The van der Waals surface area contributed by atoms with Gasteiger partial charge in [0.25, 0.3) is 0 Å². The molecule has 0 unspecified atom stereocenters. The molecule has 0 amide bonds. The van der Waals surface area contributed by atoms with Crippen LogP contribution in [0.3, 0.4) is 0 Å². The van der Waals surface area contributed by atoms with Crippen molar-refractivity contribution in [2.45, 2.75) is 46.1 Å². The largest absolute Gasteiger partial charge is 0.311 e. The average molecular weight is 288 g/mol. The number of aromatic nitrogens is 2. The van der Waals surface area contributed by atoms with Crippen molar-refractivity contribution >= 4 is 15.9 Å². The Hall–Kier alpha value is -0.350. The lowest BCUT2D eigenvalue weighted by molar-refractivity contribution is 0.576. The van der Waals surface area contributed by atoms with Crippen LogP contribution in [0.1, 0.15) is 44.0 Å². The van der Waals surface area contributed by atoms with Gasteiger partial charge in [-0.25, -0.2) is 0 Å². The maximum Gasteiger partial charge on any atom is 0.0739 e. The fourth-order valence-electron chi connectivity index (χ4n) is 1.76. The van der Waals surface area contributed by atoms with Crippen LogP contribution in [-0.4, -0.2) is 16.3 Å². The van der Waals surface area contributed by atoms with Gasteiger partial charge in [-0.3, -0.25) is 4.68 Å². The van der Waals surface area contributed by atoms with E-state index in [1.165, 1.54) is 31.4 Å². The van der Waals surface area contributed by atoms with E-state index in [1.807, 2.05) is 18.7 Å². The predicted octanol–water partition coefficient (Wildman–Crippen LogP) is 3.16. The van der Waals surface area contributed by atoms with Crippen LogP contribution in [0.4, 0.5) is 0 Å². The third-order valence-corrected chi connectivity index (χ3v) is 3.79. The second-order valence-electron chi connectivity index (χ2n) is 4.21. The Morgan fingerprint density at radius 2 is 2.06 bits per heavy atom. The molecule has 0 radical (unpaired) electrons. The summed E-state index contributed by atoms with van der Waals surface area (Å²) in [5.41, 5.74) is 2.29. The quantitative estimate of drug-likeness (QED) is 0.781. The summed E-state index contributed by atoms with van der Waals surface area (Å²) in [6, 6.07) is 0. The zero-order valence-electron chi connectivity index (χ0n) is 10.5. The van der Waals surface area contributed by atoms with Crippen molar-refractivity contribution in [3.8, 4) is 0 Å². The van der Waals surface area contributed by atoms with Gasteiger partial charge >= 0.3 is 0 Å². The first kappa shape index (κ1) is 13.7. The summed E-state index contributed by atoms with van der Waals surface area (Å²) in [6.07, 6.45) is 5.24. The Balaban J connectivity index is 2.26. The van der Waals surface area contributed by atoms with Crippen LogP contribution in [-0.2, 0) is 13.6 Å². The van der Waals surface area contributed by atoms with E-state index in [4.69, 9.17) is 0 Å². The number of unbranched alkanes of at least 4 members (excludes halogenated alkanes) is 3. The molecule has 0 aromatic carbocycles. The first-order valence-electron chi connectivity index (χ1n) is 6.05. The minimum absolute atomic E-state index is 0.893. The summed E-state index contributed by atoms with van der Waals surface area (Å²) in [5.74, 6) is 0. The Morgan fingerprint density at radius 3 is 2.62 bits per heavy atom. The van der Waals surface area contributed by atoms with Gasteiger partial charge in [0.2, 0.25) is 0 Å². The normalized spacial score (nSPS) is 11.0. The number of hydrogen-bond acceptors (Lipinski definition) is 2. The van der Waals surface area contributed by atoms with Crippen LogP contribution in [0.15, 0.2) is 4.47 Å². The first-order chi connectivity index (χ1) is 7.66. The van der Waals surface area contributed by atoms with Gasteiger partial charge in [0.15, 0.2) is 0 Å². The number of hydrogen-bond donors (Lipinski definition) is 1. The van der Waals surface area contributed by atoms with Gasteiger partial charge in [0.1, 0.15) is 0 Å². The van der Waals surface area contributed by atoms with Gasteiger partial charge in [0.05, 0.1) is 15.9 Å². The highest BCUT2D eigenvalue weighted by Crippen LogP contribution is 2.19. The molecule has 16 heavy (non-hydrogen) atoms. The van der Waals surface area contributed by atoms with E-state index in [9.17, 15) is 0 Å². The first-order valence-corrected chi connectivity index (χ1v) is 6.84. The molecule has 4 heteroatoms. The zero-order chi connectivity index (χ0) is 12.0. The maximum atomic E-state index is 4.37. The van der Waals surface area contributed by atoms with Crippen LogP contribution in [0.2, 0.25) is 0 Å². The van der Waals surface area contributed by atoms with E-state index >= 15 is 0 Å². The zero-order valence-corrected chi connectivity index (χ0v) is 12.1. The summed E-state index contributed by atoms with van der Waals surface area (Å²) in [5, 5.41) is 7.83. The molecule has 1 rings (SSSR count). The highest BCUT2D eigenvalue weighted by molar-refractivity contribution is 9.10. The molecule has 0 saturated carbocycles. The lowest BCUT2D eigenvalue weighted by Gasteiger charge is -2.05. The molecule has 1 aromatic rings. The van der Waals surface area contributed by atoms with Crippen LogP contribution in [0, 0.1) is 6.92 Å². The summed E-state index contributed by atoms with van der Waals surface area (Å²) < 4.78 is 3.08. The highest BCUT2D eigenvalue weighted by Gasteiger charge is 2.09. The molecular formula is C12H22BrN3. The topological polar surface area (TPSA) is 29.9 Å². The van der Waals surface area contributed by atoms with E-state index in [0.29, 0.717) is 0 Å². The summed E-state index contributed by atoms with van der Waals surface area (Å²) in [4.78, 5) is 0. The van der Waals surface area contributed by atoms with Gasteiger partial charge < -0.3 is 5.32 Å². The fraction of sp³-hybridized carbons (Fsp3) is 0.750. The molecule has 0 atom stereocenters. The van der Waals surface area contributed by atoms with Gasteiger partial charge in [0, 0.05) is 13.6 Å². The summed E-state index contributed by atoms with van der Waals surface area (Å²) in [7, 11) is 1.99. The van der Waals surface area contributed by atoms with Crippen molar-refractivity contribution in [1.29, 1.82) is 0 Å². The molecule has 92 valence electrons. The van der Waals surface area contributed by atoms with Crippen molar-refractivity contribution in [2.75, 3.05) is 6.54 Å². The molecule has 1 aromatic heterocycles. The summed E-state index contributed by atoms with van der Waals surface area (Å²) >= 11 is 3.57. The van der Waals surface area contributed by atoms with Gasteiger partial charge in [-0.1, -0.05) is 26.2 Å². The average Bonchev–Trinajstić information content (AvgIpc) is 2.49. The molecular weight excluding hydrogens is 266 g/mol. The molecule has 0 aliphatic rings. The Bertz CT molecular complexity index is 320. The lowest BCUT2D eigenvalue weighted by Crippen LogP contribution is -2.17.